The molecule has 1 fully saturated rings. The number of carbonyl (C=O) groups excluding carboxylic acids is 2. The lowest BCUT2D eigenvalue weighted by Crippen LogP contribution is -2.63. The summed E-state index contributed by atoms with van der Waals surface area (Å²) in [6.45, 7) is 0.998. The molecule has 2 aromatic carbocycles. The van der Waals surface area contributed by atoms with Gasteiger partial charge in [0.25, 0.3) is 0 Å². The van der Waals surface area contributed by atoms with Crippen LogP contribution in [-0.2, 0) is 22.7 Å². The summed E-state index contributed by atoms with van der Waals surface area (Å²) in [5, 5.41) is 2.60. The molecule has 0 spiro atoms. The summed E-state index contributed by atoms with van der Waals surface area (Å²) < 4.78 is 15.7. The van der Waals surface area contributed by atoms with Crippen LogP contribution in [0.4, 0.5) is 4.79 Å². The summed E-state index contributed by atoms with van der Waals surface area (Å²) in [4.78, 5) is 25.8. The van der Waals surface area contributed by atoms with Crippen LogP contribution in [0.25, 0.3) is 0 Å². The molecule has 142 valence electrons. The van der Waals surface area contributed by atoms with Crippen molar-refractivity contribution in [2.75, 3.05) is 20.8 Å². The van der Waals surface area contributed by atoms with Gasteiger partial charge in [-0.25, -0.2) is 4.79 Å². The molecule has 2 amide bonds. The zero-order valence-electron chi connectivity index (χ0n) is 15.3. The van der Waals surface area contributed by atoms with Crippen molar-refractivity contribution >= 4 is 12.0 Å². The van der Waals surface area contributed by atoms with Crippen LogP contribution in [0.3, 0.4) is 0 Å². The van der Waals surface area contributed by atoms with Crippen molar-refractivity contribution in [2.45, 2.75) is 19.2 Å². The van der Waals surface area contributed by atoms with Crippen molar-refractivity contribution in [1.29, 1.82) is 0 Å². The zero-order chi connectivity index (χ0) is 19.2. The first-order valence-electron chi connectivity index (χ1n) is 8.57. The van der Waals surface area contributed by atoms with Gasteiger partial charge in [-0.3, -0.25) is 4.79 Å². The Kier molecular flexibility index (Phi) is 5.80. The van der Waals surface area contributed by atoms with E-state index in [1.807, 2.05) is 42.5 Å². The molecule has 7 heteroatoms. The topological polar surface area (TPSA) is 77.1 Å². The fourth-order valence-electron chi connectivity index (χ4n) is 2.84. The Morgan fingerprint density at radius 2 is 1.93 bits per heavy atom. The Morgan fingerprint density at radius 1 is 1.15 bits per heavy atom. The highest BCUT2D eigenvalue weighted by molar-refractivity contribution is 5.91. The molecule has 0 aromatic heterocycles. The van der Waals surface area contributed by atoms with Crippen LogP contribution >= 0.6 is 0 Å². The van der Waals surface area contributed by atoms with Crippen LogP contribution in [-0.4, -0.2) is 43.7 Å². The number of nitrogens with one attached hydrogen (secondary N) is 1. The van der Waals surface area contributed by atoms with E-state index >= 15 is 0 Å². The third kappa shape index (κ3) is 4.49. The van der Waals surface area contributed by atoms with Gasteiger partial charge in [0.2, 0.25) is 5.91 Å². The number of ether oxygens (including phenoxy) is 3. The van der Waals surface area contributed by atoms with E-state index in [-0.39, 0.29) is 12.5 Å². The Balaban J connectivity index is 1.48. The fraction of sp³-hybridized carbons (Fsp3) is 0.300. The van der Waals surface area contributed by atoms with Crippen LogP contribution in [0, 0.1) is 0 Å². The van der Waals surface area contributed by atoms with Crippen LogP contribution in [0.5, 0.6) is 11.5 Å². The number of hydrogen-bond acceptors (Lipinski definition) is 5. The van der Waals surface area contributed by atoms with Crippen molar-refractivity contribution in [3.8, 4) is 11.5 Å². The zero-order valence-corrected chi connectivity index (χ0v) is 15.3. The van der Waals surface area contributed by atoms with Crippen molar-refractivity contribution < 1.29 is 23.8 Å². The third-order valence-corrected chi connectivity index (χ3v) is 4.37. The Morgan fingerprint density at radius 3 is 2.59 bits per heavy atom. The maximum absolute atomic E-state index is 12.3. The van der Waals surface area contributed by atoms with Gasteiger partial charge in [-0.05, 0) is 17.7 Å². The summed E-state index contributed by atoms with van der Waals surface area (Å²) in [6, 6.07) is 14.3. The third-order valence-electron chi connectivity index (χ3n) is 4.37. The lowest BCUT2D eigenvalue weighted by atomic mass is 10.1. The van der Waals surface area contributed by atoms with Crippen LogP contribution in [0.1, 0.15) is 11.1 Å². The predicted octanol–water partition coefficient (Wildman–Crippen LogP) is 2.34. The quantitative estimate of drug-likeness (QED) is 0.757. The maximum atomic E-state index is 12.3. The molecule has 1 N–H and O–H groups in total. The SMILES string of the molecule is COc1ccc(CN2CC(NC(=O)OCc3ccccc3)C2=O)c(OC)c1. The number of carbonyl (C=O) groups is 2. The van der Waals surface area contributed by atoms with Crippen molar-refractivity contribution in [3.05, 3.63) is 59.7 Å². The number of methoxy groups -OCH3 is 2. The minimum atomic E-state index is -0.598. The van der Waals surface area contributed by atoms with Gasteiger partial charge < -0.3 is 24.4 Å². The molecule has 0 radical (unpaired) electrons. The molecule has 1 aliphatic heterocycles. The number of benzene rings is 2. The first-order valence-corrected chi connectivity index (χ1v) is 8.57. The van der Waals surface area contributed by atoms with Gasteiger partial charge in [-0.1, -0.05) is 30.3 Å². The van der Waals surface area contributed by atoms with Crippen LogP contribution < -0.4 is 14.8 Å². The molecule has 2 aromatic rings. The number of hydrogen-bond donors (Lipinski definition) is 1. The number of alkyl carbamates (subject to hydrolysis) is 1. The second-order valence-corrected chi connectivity index (χ2v) is 6.16. The van der Waals surface area contributed by atoms with E-state index in [1.54, 1.807) is 25.2 Å². The highest BCUT2D eigenvalue weighted by Crippen LogP contribution is 2.27. The molecule has 1 heterocycles. The minimum absolute atomic E-state index is 0.149. The standard InChI is InChI=1S/C20H22N2O5/c1-25-16-9-8-15(18(10-16)26-2)11-22-12-17(19(22)23)21-20(24)27-13-14-6-4-3-5-7-14/h3-10,17H,11-13H2,1-2H3,(H,21,24). The van der Waals surface area contributed by atoms with E-state index in [9.17, 15) is 9.59 Å². The lowest BCUT2D eigenvalue weighted by Gasteiger charge is -2.38. The molecule has 3 rings (SSSR count). The van der Waals surface area contributed by atoms with Gasteiger partial charge in [0, 0.05) is 18.2 Å². The van der Waals surface area contributed by atoms with E-state index in [2.05, 4.69) is 5.32 Å². The lowest BCUT2D eigenvalue weighted by molar-refractivity contribution is -0.144. The summed E-state index contributed by atoms with van der Waals surface area (Å²) in [6.07, 6.45) is -0.598. The molecule has 0 bridgehead atoms. The molecular formula is C20H22N2O5. The fourth-order valence-corrected chi connectivity index (χ4v) is 2.84. The van der Waals surface area contributed by atoms with Crippen molar-refractivity contribution in [2.24, 2.45) is 0 Å². The Hall–Kier alpha value is -3.22. The van der Waals surface area contributed by atoms with E-state index in [4.69, 9.17) is 14.2 Å². The smallest absolute Gasteiger partial charge is 0.408 e. The molecular weight excluding hydrogens is 348 g/mol. The first-order chi connectivity index (χ1) is 13.1. The average Bonchev–Trinajstić information content (AvgIpc) is 2.71. The second kappa shape index (κ2) is 8.44. The van der Waals surface area contributed by atoms with Crippen molar-refractivity contribution in [1.82, 2.24) is 10.2 Å². The molecule has 0 aliphatic carbocycles. The van der Waals surface area contributed by atoms with Gasteiger partial charge in [0.1, 0.15) is 24.1 Å². The van der Waals surface area contributed by atoms with Gasteiger partial charge in [-0.2, -0.15) is 0 Å². The molecule has 7 nitrogen and oxygen atoms in total. The van der Waals surface area contributed by atoms with Gasteiger partial charge >= 0.3 is 6.09 Å². The minimum Gasteiger partial charge on any atom is -0.497 e. The number of β-lactam (4-membered cyclic amide) rings is 1. The van der Waals surface area contributed by atoms with Crippen LogP contribution in [0.2, 0.25) is 0 Å². The highest BCUT2D eigenvalue weighted by atomic mass is 16.5. The highest BCUT2D eigenvalue weighted by Gasteiger charge is 2.38. The van der Waals surface area contributed by atoms with Crippen molar-refractivity contribution in [3.63, 3.8) is 0 Å². The van der Waals surface area contributed by atoms with E-state index in [0.29, 0.717) is 24.6 Å². The number of likely N-dealkylation sites (tertiary alicyclic amines) is 1. The monoisotopic (exact) mass is 370 g/mol. The summed E-state index contributed by atoms with van der Waals surface area (Å²) in [5.74, 6) is 1.19. The Bertz CT molecular complexity index is 809. The average molecular weight is 370 g/mol. The van der Waals surface area contributed by atoms with Gasteiger partial charge in [0.15, 0.2) is 0 Å². The number of amides is 2. The van der Waals surface area contributed by atoms with E-state index in [0.717, 1.165) is 11.1 Å². The predicted molar refractivity (Wildman–Crippen MR) is 98.5 cm³/mol. The largest absolute Gasteiger partial charge is 0.497 e. The normalized spacial score (nSPS) is 15.7. The summed E-state index contributed by atoms with van der Waals surface area (Å²) in [5.41, 5.74) is 1.76. The number of nitrogens with zero attached hydrogens (tertiary/aromatic N) is 1. The molecule has 1 atom stereocenters. The molecule has 1 unspecified atom stereocenters. The number of rotatable bonds is 7. The van der Waals surface area contributed by atoms with Gasteiger partial charge in [0.05, 0.1) is 20.8 Å². The van der Waals surface area contributed by atoms with Gasteiger partial charge in [-0.15, -0.1) is 0 Å². The molecule has 1 saturated heterocycles. The van der Waals surface area contributed by atoms with E-state index < -0.39 is 12.1 Å². The maximum Gasteiger partial charge on any atom is 0.408 e. The van der Waals surface area contributed by atoms with Crippen LogP contribution in [0.15, 0.2) is 48.5 Å². The van der Waals surface area contributed by atoms with E-state index in [1.165, 1.54) is 0 Å². The first kappa shape index (κ1) is 18.6. The molecule has 0 saturated carbocycles. The molecule has 1 aliphatic rings. The second-order valence-electron chi connectivity index (χ2n) is 6.16. The molecule has 27 heavy (non-hydrogen) atoms. The Labute approximate surface area is 157 Å². The summed E-state index contributed by atoms with van der Waals surface area (Å²) in [7, 11) is 3.16. The summed E-state index contributed by atoms with van der Waals surface area (Å²) >= 11 is 0.